The van der Waals surface area contributed by atoms with Crippen molar-refractivity contribution >= 4 is 0 Å². The van der Waals surface area contributed by atoms with E-state index in [1.165, 1.54) is 0 Å². The Morgan fingerprint density at radius 2 is 2.06 bits per heavy atom. The molecule has 0 aliphatic carbocycles. The number of benzene rings is 1. The summed E-state index contributed by atoms with van der Waals surface area (Å²) in [5, 5.41) is 0. The SMILES string of the molecule is COc1ccc2c(c1)OC(C(C)(C)C)C[C@@H]2N. The lowest BCUT2D eigenvalue weighted by atomic mass is 9.82. The molecule has 0 saturated heterocycles. The van der Waals surface area contributed by atoms with E-state index in [2.05, 4.69) is 20.8 Å². The molecule has 1 aliphatic rings. The second-order valence-corrected chi connectivity index (χ2v) is 5.72. The first-order valence-electron chi connectivity index (χ1n) is 6.02. The predicted molar refractivity (Wildman–Crippen MR) is 68.4 cm³/mol. The molecule has 94 valence electrons. The molecule has 0 amide bonds. The van der Waals surface area contributed by atoms with Crippen LogP contribution in [0.3, 0.4) is 0 Å². The summed E-state index contributed by atoms with van der Waals surface area (Å²) in [4.78, 5) is 0. The Kier molecular flexibility index (Phi) is 3.04. The lowest BCUT2D eigenvalue weighted by molar-refractivity contribution is 0.0579. The van der Waals surface area contributed by atoms with Gasteiger partial charge in [0, 0.05) is 24.1 Å². The maximum Gasteiger partial charge on any atom is 0.128 e. The minimum absolute atomic E-state index is 0.0499. The summed E-state index contributed by atoms with van der Waals surface area (Å²) >= 11 is 0. The average Bonchev–Trinajstić information content (AvgIpc) is 2.27. The Morgan fingerprint density at radius 3 is 2.65 bits per heavy atom. The molecule has 3 heteroatoms. The van der Waals surface area contributed by atoms with Crippen molar-refractivity contribution in [2.24, 2.45) is 11.1 Å². The van der Waals surface area contributed by atoms with Crippen molar-refractivity contribution in [3.05, 3.63) is 23.8 Å². The number of hydrogen-bond donors (Lipinski definition) is 1. The second-order valence-electron chi connectivity index (χ2n) is 5.72. The number of hydrogen-bond acceptors (Lipinski definition) is 3. The average molecular weight is 235 g/mol. The molecule has 3 nitrogen and oxygen atoms in total. The molecular formula is C14H21NO2. The first-order chi connectivity index (χ1) is 7.91. The van der Waals surface area contributed by atoms with Crippen molar-refractivity contribution in [2.45, 2.75) is 39.3 Å². The largest absolute Gasteiger partial charge is 0.497 e. The van der Waals surface area contributed by atoms with Gasteiger partial charge in [-0.1, -0.05) is 26.8 Å². The topological polar surface area (TPSA) is 44.5 Å². The second kappa shape index (κ2) is 4.22. The van der Waals surface area contributed by atoms with Gasteiger partial charge in [-0.25, -0.2) is 0 Å². The normalized spacial score (nSPS) is 23.8. The molecule has 1 heterocycles. The van der Waals surface area contributed by atoms with Crippen LogP contribution in [0.2, 0.25) is 0 Å². The smallest absolute Gasteiger partial charge is 0.128 e. The zero-order chi connectivity index (χ0) is 12.6. The van der Waals surface area contributed by atoms with E-state index in [0.29, 0.717) is 0 Å². The van der Waals surface area contributed by atoms with E-state index in [1.807, 2.05) is 18.2 Å². The van der Waals surface area contributed by atoms with Crippen molar-refractivity contribution in [3.8, 4) is 11.5 Å². The highest BCUT2D eigenvalue weighted by molar-refractivity contribution is 5.44. The van der Waals surface area contributed by atoms with Crippen LogP contribution in [0.4, 0.5) is 0 Å². The molecule has 0 bridgehead atoms. The van der Waals surface area contributed by atoms with E-state index in [0.717, 1.165) is 23.5 Å². The molecule has 0 fully saturated rings. The number of methoxy groups -OCH3 is 1. The summed E-state index contributed by atoms with van der Waals surface area (Å²) in [6.45, 7) is 6.53. The van der Waals surface area contributed by atoms with Crippen LogP contribution in [0, 0.1) is 5.41 Å². The highest BCUT2D eigenvalue weighted by Crippen LogP contribution is 2.40. The van der Waals surface area contributed by atoms with Gasteiger partial charge in [-0.2, -0.15) is 0 Å². The van der Waals surface area contributed by atoms with Crippen LogP contribution in [-0.4, -0.2) is 13.2 Å². The standard InChI is InChI=1S/C14H21NO2/c1-14(2,3)13-8-11(15)10-6-5-9(16-4)7-12(10)17-13/h5-7,11,13H,8,15H2,1-4H3/t11-,13?/m0/s1. The van der Waals surface area contributed by atoms with Gasteiger partial charge >= 0.3 is 0 Å². The Morgan fingerprint density at radius 1 is 1.35 bits per heavy atom. The van der Waals surface area contributed by atoms with Crippen molar-refractivity contribution < 1.29 is 9.47 Å². The lowest BCUT2D eigenvalue weighted by Crippen LogP contribution is -2.38. The zero-order valence-electron chi connectivity index (χ0n) is 11.0. The molecule has 1 unspecified atom stereocenters. The van der Waals surface area contributed by atoms with Gasteiger partial charge in [-0.15, -0.1) is 0 Å². The summed E-state index contributed by atoms with van der Waals surface area (Å²) in [6, 6.07) is 5.90. The molecule has 2 N–H and O–H groups in total. The molecule has 1 aromatic rings. The van der Waals surface area contributed by atoms with E-state index in [9.17, 15) is 0 Å². The fourth-order valence-corrected chi connectivity index (χ4v) is 2.14. The molecule has 0 saturated carbocycles. The Labute approximate surface area is 103 Å². The summed E-state index contributed by atoms with van der Waals surface area (Å²) in [7, 11) is 1.66. The molecular weight excluding hydrogens is 214 g/mol. The van der Waals surface area contributed by atoms with Gasteiger partial charge in [0.2, 0.25) is 0 Å². The van der Waals surface area contributed by atoms with Crippen LogP contribution >= 0.6 is 0 Å². The van der Waals surface area contributed by atoms with Crippen LogP contribution < -0.4 is 15.2 Å². The van der Waals surface area contributed by atoms with E-state index < -0.39 is 0 Å². The Bertz CT molecular complexity index is 409. The fourth-order valence-electron chi connectivity index (χ4n) is 2.14. The fraction of sp³-hybridized carbons (Fsp3) is 0.571. The first kappa shape index (κ1) is 12.2. The third-order valence-electron chi connectivity index (χ3n) is 3.32. The van der Waals surface area contributed by atoms with Crippen molar-refractivity contribution in [1.29, 1.82) is 0 Å². The molecule has 0 spiro atoms. The minimum Gasteiger partial charge on any atom is -0.497 e. The van der Waals surface area contributed by atoms with Crippen LogP contribution in [0.1, 0.15) is 38.8 Å². The number of ether oxygens (including phenoxy) is 2. The molecule has 2 atom stereocenters. The van der Waals surface area contributed by atoms with Gasteiger partial charge in [0.05, 0.1) is 7.11 Å². The third kappa shape index (κ3) is 2.39. The van der Waals surface area contributed by atoms with Crippen LogP contribution in [0.25, 0.3) is 0 Å². The van der Waals surface area contributed by atoms with Crippen LogP contribution in [0.5, 0.6) is 11.5 Å². The Balaban J connectivity index is 2.34. The molecule has 1 aliphatic heterocycles. The molecule has 17 heavy (non-hydrogen) atoms. The van der Waals surface area contributed by atoms with Gasteiger partial charge < -0.3 is 15.2 Å². The molecule has 2 rings (SSSR count). The summed E-state index contributed by atoms with van der Waals surface area (Å²) in [5.74, 6) is 1.67. The van der Waals surface area contributed by atoms with E-state index in [-0.39, 0.29) is 17.6 Å². The monoisotopic (exact) mass is 235 g/mol. The first-order valence-corrected chi connectivity index (χ1v) is 6.02. The predicted octanol–water partition coefficient (Wildman–Crippen LogP) is 2.89. The van der Waals surface area contributed by atoms with E-state index in [4.69, 9.17) is 15.2 Å². The highest BCUT2D eigenvalue weighted by Gasteiger charge is 2.34. The summed E-state index contributed by atoms with van der Waals surface area (Å²) in [6.07, 6.45) is 1.01. The van der Waals surface area contributed by atoms with Gasteiger partial charge in [-0.3, -0.25) is 0 Å². The molecule has 0 aromatic heterocycles. The maximum absolute atomic E-state index is 6.20. The van der Waals surface area contributed by atoms with Gasteiger partial charge in [0.1, 0.15) is 17.6 Å². The van der Waals surface area contributed by atoms with Gasteiger partial charge in [0.15, 0.2) is 0 Å². The quantitative estimate of drug-likeness (QED) is 0.814. The van der Waals surface area contributed by atoms with E-state index >= 15 is 0 Å². The molecule has 0 radical (unpaired) electrons. The number of nitrogens with two attached hydrogens (primary N) is 1. The highest BCUT2D eigenvalue weighted by atomic mass is 16.5. The van der Waals surface area contributed by atoms with Gasteiger partial charge in [-0.05, 0) is 11.5 Å². The van der Waals surface area contributed by atoms with Crippen LogP contribution in [0.15, 0.2) is 18.2 Å². The lowest BCUT2D eigenvalue weighted by Gasteiger charge is -2.38. The number of rotatable bonds is 1. The van der Waals surface area contributed by atoms with E-state index in [1.54, 1.807) is 7.11 Å². The van der Waals surface area contributed by atoms with Gasteiger partial charge in [0.25, 0.3) is 0 Å². The minimum atomic E-state index is 0.0499. The van der Waals surface area contributed by atoms with Crippen molar-refractivity contribution in [2.75, 3.05) is 7.11 Å². The Hall–Kier alpha value is -1.22. The maximum atomic E-state index is 6.20. The number of fused-ring (bicyclic) bond motifs is 1. The summed E-state index contributed by atoms with van der Waals surface area (Å²) in [5.41, 5.74) is 7.38. The van der Waals surface area contributed by atoms with Crippen molar-refractivity contribution in [1.82, 2.24) is 0 Å². The molecule has 1 aromatic carbocycles. The third-order valence-corrected chi connectivity index (χ3v) is 3.32. The van der Waals surface area contributed by atoms with Crippen LogP contribution in [-0.2, 0) is 0 Å². The summed E-state index contributed by atoms with van der Waals surface area (Å²) < 4.78 is 11.3. The zero-order valence-corrected chi connectivity index (χ0v) is 11.0. The van der Waals surface area contributed by atoms with Crippen molar-refractivity contribution in [3.63, 3.8) is 0 Å².